The predicted molar refractivity (Wildman–Crippen MR) is 55.9 cm³/mol. The molecule has 1 rings (SSSR count). The van der Waals surface area contributed by atoms with E-state index >= 15 is 0 Å². The molecule has 77 valence electrons. The molecule has 1 aromatic rings. The van der Waals surface area contributed by atoms with Crippen LogP contribution in [0.2, 0.25) is 0 Å². The highest BCUT2D eigenvalue weighted by atomic mass is 15.0. The predicted octanol–water partition coefficient (Wildman–Crippen LogP) is 2.36. The number of unbranched alkanes of at least 4 members (excludes halogenated alkanes) is 2. The van der Waals surface area contributed by atoms with Gasteiger partial charge in [0, 0.05) is 12.8 Å². The third-order valence-corrected chi connectivity index (χ3v) is 2.12. The molecule has 0 saturated heterocycles. The zero-order valence-corrected chi connectivity index (χ0v) is 9.08. The summed E-state index contributed by atoms with van der Waals surface area (Å²) in [4.78, 5) is 12.5. The lowest BCUT2D eigenvalue weighted by Gasteiger charge is -2.00. The SMILES string of the molecule is CCCCc1n[c]nc(CCCC)n1. The maximum absolute atomic E-state index is 4.39. The van der Waals surface area contributed by atoms with Gasteiger partial charge in [-0.1, -0.05) is 26.7 Å². The molecule has 0 aromatic carbocycles. The second-order valence-electron chi connectivity index (χ2n) is 3.47. The van der Waals surface area contributed by atoms with E-state index in [4.69, 9.17) is 0 Å². The van der Waals surface area contributed by atoms with E-state index in [2.05, 4.69) is 35.1 Å². The second kappa shape index (κ2) is 6.46. The molecule has 0 aliphatic carbocycles. The normalized spacial score (nSPS) is 10.4. The number of aryl methyl sites for hydroxylation is 2. The summed E-state index contributed by atoms with van der Waals surface area (Å²) >= 11 is 0. The molecule has 1 radical (unpaired) electrons. The number of rotatable bonds is 6. The van der Waals surface area contributed by atoms with Crippen LogP contribution in [0, 0.1) is 6.33 Å². The molecule has 0 saturated carbocycles. The summed E-state index contributed by atoms with van der Waals surface area (Å²) in [5.74, 6) is 1.79. The molecular weight excluding hydrogens is 174 g/mol. The average molecular weight is 192 g/mol. The highest BCUT2D eigenvalue weighted by Crippen LogP contribution is 2.01. The van der Waals surface area contributed by atoms with Crippen molar-refractivity contribution in [3.63, 3.8) is 0 Å². The molecule has 0 N–H and O–H groups in total. The summed E-state index contributed by atoms with van der Waals surface area (Å²) in [6.45, 7) is 4.34. The van der Waals surface area contributed by atoms with Crippen LogP contribution in [0.3, 0.4) is 0 Å². The van der Waals surface area contributed by atoms with Crippen molar-refractivity contribution in [1.29, 1.82) is 0 Å². The number of hydrogen-bond acceptors (Lipinski definition) is 3. The molecule has 0 unspecified atom stereocenters. The Labute approximate surface area is 86.0 Å². The minimum Gasteiger partial charge on any atom is -0.218 e. The fraction of sp³-hybridized carbons (Fsp3) is 0.727. The van der Waals surface area contributed by atoms with E-state index < -0.39 is 0 Å². The van der Waals surface area contributed by atoms with Gasteiger partial charge < -0.3 is 0 Å². The zero-order chi connectivity index (χ0) is 10.2. The van der Waals surface area contributed by atoms with Crippen LogP contribution in [0.25, 0.3) is 0 Å². The van der Waals surface area contributed by atoms with Crippen LogP contribution in [0.15, 0.2) is 0 Å². The van der Waals surface area contributed by atoms with Crippen molar-refractivity contribution in [2.75, 3.05) is 0 Å². The molecule has 3 nitrogen and oxygen atoms in total. The van der Waals surface area contributed by atoms with Gasteiger partial charge in [0.15, 0.2) is 0 Å². The molecule has 0 aliphatic rings. The second-order valence-corrected chi connectivity index (χ2v) is 3.47. The zero-order valence-electron chi connectivity index (χ0n) is 9.08. The van der Waals surface area contributed by atoms with Crippen molar-refractivity contribution in [2.24, 2.45) is 0 Å². The lowest BCUT2D eigenvalue weighted by Crippen LogP contribution is -2.02. The smallest absolute Gasteiger partial charge is 0.201 e. The van der Waals surface area contributed by atoms with E-state index in [1.54, 1.807) is 0 Å². The third-order valence-electron chi connectivity index (χ3n) is 2.12. The maximum Gasteiger partial charge on any atom is 0.201 e. The van der Waals surface area contributed by atoms with Gasteiger partial charge in [-0.2, -0.15) is 0 Å². The highest BCUT2D eigenvalue weighted by molar-refractivity contribution is 4.90. The molecule has 0 spiro atoms. The summed E-state index contributed by atoms with van der Waals surface area (Å²) in [6.07, 6.45) is 9.23. The standard InChI is InChI=1S/C11H18N3/c1-3-5-7-10-12-9-13-11(14-10)8-6-4-2/h3-8H2,1-2H3. The van der Waals surface area contributed by atoms with Crippen LogP contribution >= 0.6 is 0 Å². The Morgan fingerprint density at radius 2 is 1.43 bits per heavy atom. The minimum absolute atomic E-state index is 0.896. The molecule has 1 heterocycles. The third kappa shape index (κ3) is 3.81. The Kier molecular flexibility index (Phi) is 5.12. The summed E-state index contributed by atoms with van der Waals surface area (Å²) in [5.41, 5.74) is 0. The summed E-state index contributed by atoms with van der Waals surface area (Å²) < 4.78 is 0. The minimum atomic E-state index is 0.896. The fourth-order valence-electron chi connectivity index (χ4n) is 1.23. The van der Waals surface area contributed by atoms with Crippen LogP contribution in [0.4, 0.5) is 0 Å². The molecule has 3 heteroatoms. The molecule has 0 fully saturated rings. The molecule has 1 aromatic heterocycles. The first-order valence-electron chi connectivity index (χ1n) is 5.46. The van der Waals surface area contributed by atoms with E-state index in [1.807, 2.05) is 0 Å². The molecule has 0 atom stereocenters. The monoisotopic (exact) mass is 192 g/mol. The number of aromatic nitrogens is 3. The van der Waals surface area contributed by atoms with Crippen LogP contribution in [-0.4, -0.2) is 15.0 Å². The van der Waals surface area contributed by atoms with Gasteiger partial charge in [-0.25, -0.2) is 15.0 Å². The van der Waals surface area contributed by atoms with E-state index in [1.165, 1.54) is 12.8 Å². The Morgan fingerprint density at radius 3 is 1.86 bits per heavy atom. The highest BCUT2D eigenvalue weighted by Gasteiger charge is 2.00. The number of hydrogen-bond donors (Lipinski definition) is 0. The van der Waals surface area contributed by atoms with Gasteiger partial charge in [-0.05, 0) is 12.8 Å². The van der Waals surface area contributed by atoms with Crippen LogP contribution in [-0.2, 0) is 12.8 Å². The topological polar surface area (TPSA) is 38.7 Å². The Hall–Kier alpha value is -0.990. The quantitative estimate of drug-likeness (QED) is 0.694. The first-order chi connectivity index (χ1) is 6.86. The van der Waals surface area contributed by atoms with E-state index in [0.717, 1.165) is 37.3 Å². The molecular formula is C11H18N3. The average Bonchev–Trinajstić information content (AvgIpc) is 2.24. The van der Waals surface area contributed by atoms with Crippen molar-refractivity contribution in [3.05, 3.63) is 18.0 Å². The number of nitrogens with zero attached hydrogens (tertiary/aromatic N) is 3. The van der Waals surface area contributed by atoms with Crippen LogP contribution < -0.4 is 0 Å². The van der Waals surface area contributed by atoms with Crippen molar-refractivity contribution < 1.29 is 0 Å². The summed E-state index contributed by atoms with van der Waals surface area (Å²) in [5, 5.41) is 0. The Bertz CT molecular complexity index is 237. The first kappa shape index (κ1) is 11.1. The Morgan fingerprint density at radius 1 is 0.929 bits per heavy atom. The van der Waals surface area contributed by atoms with Crippen molar-refractivity contribution in [1.82, 2.24) is 15.0 Å². The van der Waals surface area contributed by atoms with Crippen molar-refractivity contribution >= 4 is 0 Å². The lowest BCUT2D eigenvalue weighted by atomic mass is 10.2. The van der Waals surface area contributed by atoms with E-state index in [0.29, 0.717) is 0 Å². The van der Waals surface area contributed by atoms with E-state index in [-0.39, 0.29) is 0 Å². The van der Waals surface area contributed by atoms with E-state index in [9.17, 15) is 0 Å². The van der Waals surface area contributed by atoms with Crippen LogP contribution in [0.1, 0.15) is 51.2 Å². The molecule has 0 aliphatic heterocycles. The first-order valence-corrected chi connectivity index (χ1v) is 5.46. The summed E-state index contributed by atoms with van der Waals surface area (Å²) in [6, 6.07) is 0. The molecule has 14 heavy (non-hydrogen) atoms. The lowest BCUT2D eigenvalue weighted by molar-refractivity contribution is 0.697. The summed E-state index contributed by atoms with van der Waals surface area (Å²) in [7, 11) is 0. The van der Waals surface area contributed by atoms with Gasteiger partial charge in [0.25, 0.3) is 0 Å². The fourth-order valence-corrected chi connectivity index (χ4v) is 1.23. The molecule has 0 amide bonds. The maximum atomic E-state index is 4.39. The Balaban J connectivity index is 2.50. The van der Waals surface area contributed by atoms with Crippen molar-refractivity contribution in [3.8, 4) is 0 Å². The van der Waals surface area contributed by atoms with Gasteiger partial charge in [-0.3, -0.25) is 0 Å². The van der Waals surface area contributed by atoms with Gasteiger partial charge in [0.2, 0.25) is 6.33 Å². The molecule has 0 bridgehead atoms. The van der Waals surface area contributed by atoms with Gasteiger partial charge in [-0.15, -0.1) is 0 Å². The van der Waals surface area contributed by atoms with Gasteiger partial charge >= 0.3 is 0 Å². The van der Waals surface area contributed by atoms with Crippen LogP contribution in [0.5, 0.6) is 0 Å². The largest absolute Gasteiger partial charge is 0.218 e. The van der Waals surface area contributed by atoms with Gasteiger partial charge in [0.1, 0.15) is 11.6 Å². The van der Waals surface area contributed by atoms with Crippen molar-refractivity contribution in [2.45, 2.75) is 52.4 Å². The van der Waals surface area contributed by atoms with Gasteiger partial charge in [0.05, 0.1) is 0 Å².